The number of nitrogens with zero attached hydrogens (tertiary/aromatic N) is 1. The van der Waals surface area contributed by atoms with Crippen molar-refractivity contribution in [3.05, 3.63) is 35.1 Å². The number of nitrogens with one attached hydrogen (secondary N) is 2. The summed E-state index contributed by atoms with van der Waals surface area (Å²) in [5, 5.41) is 5.38. The van der Waals surface area contributed by atoms with Crippen LogP contribution in [0.15, 0.2) is 18.2 Å². The average molecular weight is 319 g/mol. The highest BCUT2D eigenvalue weighted by molar-refractivity contribution is 6.01. The van der Waals surface area contributed by atoms with Crippen molar-refractivity contribution in [2.45, 2.75) is 18.8 Å². The molecule has 0 bridgehead atoms. The maximum atomic E-state index is 14.1. The van der Waals surface area contributed by atoms with Crippen molar-refractivity contribution in [2.24, 2.45) is 0 Å². The third kappa shape index (κ3) is 3.24. The van der Waals surface area contributed by atoms with Crippen molar-refractivity contribution in [3.8, 4) is 0 Å². The van der Waals surface area contributed by atoms with Gasteiger partial charge in [-0.1, -0.05) is 0 Å². The lowest BCUT2D eigenvalue weighted by atomic mass is 9.89. The number of hydrogen-bond donors (Lipinski definition) is 2. The third-order valence-electron chi connectivity index (χ3n) is 4.26. The summed E-state index contributed by atoms with van der Waals surface area (Å²) in [5.41, 5.74) is 0.545. The summed E-state index contributed by atoms with van der Waals surface area (Å²) in [6.45, 7) is 2.66. The summed E-state index contributed by atoms with van der Waals surface area (Å²) < 4.78 is 14.1. The first-order valence-electron chi connectivity index (χ1n) is 7.69. The van der Waals surface area contributed by atoms with E-state index < -0.39 is 17.6 Å². The molecule has 2 fully saturated rings. The van der Waals surface area contributed by atoms with E-state index in [0.717, 1.165) is 13.1 Å². The molecule has 2 aliphatic heterocycles. The van der Waals surface area contributed by atoms with Crippen LogP contribution >= 0.6 is 0 Å². The second kappa shape index (κ2) is 6.45. The van der Waals surface area contributed by atoms with Gasteiger partial charge < -0.3 is 10.2 Å². The van der Waals surface area contributed by atoms with Crippen LogP contribution in [0.2, 0.25) is 0 Å². The smallest absolute Gasteiger partial charge is 0.253 e. The van der Waals surface area contributed by atoms with E-state index in [2.05, 4.69) is 10.6 Å². The van der Waals surface area contributed by atoms with Crippen LogP contribution in [0.25, 0.3) is 0 Å². The molecular weight excluding hydrogens is 301 g/mol. The molecule has 1 aromatic rings. The normalized spacial score (nSPS) is 22.0. The Hall–Kier alpha value is -2.28. The van der Waals surface area contributed by atoms with Gasteiger partial charge in [0.15, 0.2) is 0 Å². The molecule has 0 radical (unpaired) electrons. The number of piperidine rings is 1. The Morgan fingerprint density at radius 3 is 2.65 bits per heavy atom. The number of hydrogen-bond acceptors (Lipinski definition) is 4. The summed E-state index contributed by atoms with van der Waals surface area (Å²) >= 11 is 0. The zero-order chi connectivity index (χ0) is 16.4. The Morgan fingerprint density at radius 1 is 1.22 bits per heavy atom. The molecule has 2 saturated heterocycles. The average Bonchev–Trinajstić information content (AvgIpc) is 2.56. The molecule has 0 aromatic heterocycles. The minimum Gasteiger partial charge on any atom is -0.336 e. The van der Waals surface area contributed by atoms with Gasteiger partial charge in [-0.3, -0.25) is 19.7 Å². The van der Waals surface area contributed by atoms with Crippen LogP contribution in [-0.2, 0) is 9.59 Å². The molecule has 23 heavy (non-hydrogen) atoms. The zero-order valence-electron chi connectivity index (χ0n) is 12.6. The maximum absolute atomic E-state index is 14.1. The van der Waals surface area contributed by atoms with Gasteiger partial charge in [0, 0.05) is 43.7 Å². The number of carbonyl (C=O) groups is 3. The lowest BCUT2D eigenvalue weighted by Crippen LogP contribution is -2.46. The predicted octanol–water partition coefficient (Wildman–Crippen LogP) is 0.391. The van der Waals surface area contributed by atoms with E-state index in [9.17, 15) is 18.8 Å². The van der Waals surface area contributed by atoms with E-state index in [1.54, 1.807) is 4.90 Å². The van der Waals surface area contributed by atoms with Gasteiger partial charge in [0.2, 0.25) is 11.8 Å². The van der Waals surface area contributed by atoms with Crippen LogP contribution in [0.3, 0.4) is 0 Å². The van der Waals surface area contributed by atoms with Crippen molar-refractivity contribution < 1.29 is 18.8 Å². The molecule has 1 unspecified atom stereocenters. The minimum atomic E-state index is -0.733. The van der Waals surface area contributed by atoms with E-state index in [1.807, 2.05) is 0 Å². The predicted molar refractivity (Wildman–Crippen MR) is 80.3 cm³/mol. The van der Waals surface area contributed by atoms with Crippen molar-refractivity contribution in [1.82, 2.24) is 15.5 Å². The van der Waals surface area contributed by atoms with Gasteiger partial charge in [-0.05, 0) is 24.6 Å². The first-order valence-corrected chi connectivity index (χ1v) is 7.69. The second-order valence-corrected chi connectivity index (χ2v) is 5.78. The van der Waals surface area contributed by atoms with E-state index in [0.29, 0.717) is 18.7 Å². The summed E-state index contributed by atoms with van der Waals surface area (Å²) in [6, 6.07) is 4.10. The molecule has 7 heteroatoms. The molecule has 0 aliphatic carbocycles. The van der Waals surface area contributed by atoms with Gasteiger partial charge in [0.05, 0.1) is 5.92 Å². The molecule has 122 valence electrons. The van der Waals surface area contributed by atoms with Gasteiger partial charge >= 0.3 is 0 Å². The molecular formula is C16H18FN3O3. The van der Waals surface area contributed by atoms with Crippen molar-refractivity contribution >= 4 is 17.7 Å². The Bertz CT molecular complexity index is 656. The summed E-state index contributed by atoms with van der Waals surface area (Å²) in [7, 11) is 0. The highest BCUT2D eigenvalue weighted by Crippen LogP contribution is 2.28. The van der Waals surface area contributed by atoms with Crippen molar-refractivity contribution in [2.75, 3.05) is 26.2 Å². The Balaban J connectivity index is 1.85. The Labute approximate surface area is 133 Å². The highest BCUT2D eigenvalue weighted by Gasteiger charge is 2.31. The van der Waals surface area contributed by atoms with Gasteiger partial charge in [-0.2, -0.15) is 0 Å². The molecule has 3 rings (SSSR count). The molecule has 0 saturated carbocycles. The number of benzene rings is 1. The van der Waals surface area contributed by atoms with Crippen LogP contribution in [0.1, 0.15) is 34.7 Å². The fraction of sp³-hybridized carbons (Fsp3) is 0.438. The van der Waals surface area contributed by atoms with Crippen LogP contribution < -0.4 is 10.6 Å². The zero-order valence-corrected chi connectivity index (χ0v) is 12.6. The minimum absolute atomic E-state index is 0.167. The molecule has 1 atom stereocenters. The number of piperazine rings is 1. The van der Waals surface area contributed by atoms with Crippen LogP contribution in [0.4, 0.5) is 4.39 Å². The Kier molecular flexibility index (Phi) is 4.38. The van der Waals surface area contributed by atoms with Gasteiger partial charge in [-0.25, -0.2) is 4.39 Å². The molecule has 1 aromatic carbocycles. The summed E-state index contributed by atoms with van der Waals surface area (Å²) in [4.78, 5) is 37.4. The van der Waals surface area contributed by atoms with Crippen LogP contribution in [-0.4, -0.2) is 48.8 Å². The molecule has 6 nitrogen and oxygen atoms in total. The van der Waals surface area contributed by atoms with Gasteiger partial charge in [0.1, 0.15) is 5.82 Å². The summed E-state index contributed by atoms with van der Waals surface area (Å²) in [5.74, 6) is -2.29. The Morgan fingerprint density at radius 2 is 1.96 bits per heavy atom. The topological polar surface area (TPSA) is 78.5 Å². The number of halogens is 1. The van der Waals surface area contributed by atoms with Crippen molar-refractivity contribution in [3.63, 3.8) is 0 Å². The van der Waals surface area contributed by atoms with Crippen molar-refractivity contribution in [1.29, 1.82) is 0 Å². The molecule has 3 amide bonds. The number of rotatable bonds is 2. The first-order chi connectivity index (χ1) is 11.1. The lowest BCUT2D eigenvalue weighted by Gasteiger charge is -2.28. The van der Waals surface area contributed by atoms with E-state index >= 15 is 0 Å². The van der Waals surface area contributed by atoms with Gasteiger partial charge in [0.25, 0.3) is 5.91 Å². The SMILES string of the molecule is O=C1CCC(c2cc(C(=O)N3CCNCC3)ccc2F)C(=O)N1. The van der Waals surface area contributed by atoms with E-state index in [1.165, 1.54) is 18.2 Å². The fourth-order valence-electron chi connectivity index (χ4n) is 2.98. The van der Waals surface area contributed by atoms with E-state index in [-0.39, 0.29) is 30.2 Å². The first kappa shape index (κ1) is 15.6. The molecule has 2 N–H and O–H groups in total. The van der Waals surface area contributed by atoms with Crippen LogP contribution in [0.5, 0.6) is 0 Å². The third-order valence-corrected chi connectivity index (χ3v) is 4.26. The number of imide groups is 1. The molecule has 0 spiro atoms. The molecule has 2 heterocycles. The number of carbonyl (C=O) groups excluding carboxylic acids is 3. The van der Waals surface area contributed by atoms with Gasteiger partial charge in [-0.15, -0.1) is 0 Å². The van der Waals surface area contributed by atoms with Crippen LogP contribution in [0, 0.1) is 5.82 Å². The maximum Gasteiger partial charge on any atom is 0.253 e. The summed E-state index contributed by atoms with van der Waals surface area (Å²) in [6.07, 6.45) is 0.429. The van der Waals surface area contributed by atoms with E-state index in [4.69, 9.17) is 0 Å². The highest BCUT2D eigenvalue weighted by atomic mass is 19.1. The fourth-order valence-corrected chi connectivity index (χ4v) is 2.98. The standard InChI is InChI=1S/C16H18FN3O3/c17-13-3-1-10(16(23)20-7-5-18-6-8-20)9-12(13)11-2-4-14(21)19-15(11)22/h1,3,9,11,18H,2,4-8H2,(H,19,21,22). The quantitative estimate of drug-likeness (QED) is 0.773. The largest absolute Gasteiger partial charge is 0.336 e. The second-order valence-electron chi connectivity index (χ2n) is 5.78. The lowest BCUT2D eigenvalue weighted by molar-refractivity contribution is -0.134. The monoisotopic (exact) mass is 319 g/mol. The number of amides is 3. The molecule has 2 aliphatic rings.